The molecule has 0 N–H and O–H groups in total. The van der Waals surface area contributed by atoms with E-state index in [9.17, 15) is 4.79 Å². The van der Waals surface area contributed by atoms with Gasteiger partial charge in [0.1, 0.15) is 0 Å². The van der Waals surface area contributed by atoms with Gasteiger partial charge in [0.2, 0.25) is 0 Å². The molecule has 0 radical (unpaired) electrons. The zero-order valence-corrected chi connectivity index (χ0v) is 21.0. The van der Waals surface area contributed by atoms with Crippen LogP contribution < -0.4 is 10.4 Å². The smallest absolute Gasteiger partial charge is 0.174 e. The van der Waals surface area contributed by atoms with Crippen LogP contribution in [0.1, 0.15) is 68.3 Å². The lowest BCUT2D eigenvalue weighted by Crippen LogP contribution is -2.32. The van der Waals surface area contributed by atoms with Crippen molar-refractivity contribution in [1.82, 2.24) is 0 Å². The van der Waals surface area contributed by atoms with Gasteiger partial charge in [-0.05, 0) is 58.6 Å². The Morgan fingerprint density at radius 3 is 2.65 bits per heavy atom. The molecular weight excluding hydrogens is 432 g/mol. The van der Waals surface area contributed by atoms with Crippen molar-refractivity contribution in [1.29, 1.82) is 0 Å². The van der Waals surface area contributed by atoms with Crippen molar-refractivity contribution in [2.45, 2.75) is 68.9 Å². The van der Waals surface area contributed by atoms with Crippen molar-refractivity contribution in [3.63, 3.8) is 0 Å². The summed E-state index contributed by atoms with van der Waals surface area (Å²) in [6, 6.07) is 6.79. The third-order valence-electron chi connectivity index (χ3n) is 7.87. The van der Waals surface area contributed by atoms with E-state index >= 15 is 0 Å². The number of carbonyl (C=O) groups excluding carboxylic acids is 1. The van der Waals surface area contributed by atoms with E-state index in [1.807, 2.05) is 17.8 Å². The molecular formula is C32H32OS. The predicted octanol–water partition coefficient (Wildman–Crippen LogP) is 6.97. The number of ketones is 1. The number of unbranched alkanes of at least 4 members (excludes halogenated alkanes) is 5. The van der Waals surface area contributed by atoms with Crippen LogP contribution in [0.25, 0.3) is 21.9 Å². The molecule has 1 heterocycles. The van der Waals surface area contributed by atoms with Crippen LogP contribution in [0.4, 0.5) is 0 Å². The summed E-state index contributed by atoms with van der Waals surface area (Å²) in [6.45, 7) is 4.51. The monoisotopic (exact) mass is 464 g/mol. The van der Waals surface area contributed by atoms with Crippen LogP contribution in [-0.2, 0) is 6.42 Å². The fraction of sp³-hybridized carbons (Fsp3) is 0.344. The lowest BCUT2D eigenvalue weighted by molar-refractivity contribution is 0.0969. The first-order valence-electron chi connectivity index (χ1n) is 13.0. The number of hydrogen-bond acceptors (Lipinski definition) is 2. The van der Waals surface area contributed by atoms with E-state index in [1.165, 1.54) is 86.9 Å². The summed E-state index contributed by atoms with van der Waals surface area (Å²) < 4.78 is 0. The Bertz CT molecular complexity index is 1450. The number of rotatable bonds is 7. The molecule has 1 aliphatic heterocycles. The second-order valence-electron chi connectivity index (χ2n) is 10.1. The highest BCUT2D eigenvalue weighted by Gasteiger charge is 2.33. The van der Waals surface area contributed by atoms with Gasteiger partial charge in [-0.15, -0.1) is 11.8 Å². The maximum atomic E-state index is 13.6. The summed E-state index contributed by atoms with van der Waals surface area (Å²) in [7, 11) is 0. The Hall–Kier alpha value is -2.58. The number of benzene rings is 2. The summed E-state index contributed by atoms with van der Waals surface area (Å²) in [5.74, 6) is 0.103. The molecule has 0 saturated carbocycles. The Balaban J connectivity index is 1.59. The van der Waals surface area contributed by atoms with E-state index in [-0.39, 0.29) is 11.7 Å². The third kappa shape index (κ3) is 3.41. The molecule has 2 atom stereocenters. The van der Waals surface area contributed by atoms with Gasteiger partial charge in [0, 0.05) is 21.2 Å². The van der Waals surface area contributed by atoms with Crippen LogP contribution in [0.2, 0.25) is 0 Å². The van der Waals surface area contributed by atoms with Gasteiger partial charge in [-0.2, -0.15) is 0 Å². The molecule has 3 aliphatic carbocycles. The zero-order chi connectivity index (χ0) is 23.2. The molecule has 34 heavy (non-hydrogen) atoms. The van der Waals surface area contributed by atoms with Crippen molar-refractivity contribution in [2.75, 3.05) is 0 Å². The average Bonchev–Trinajstić information content (AvgIpc) is 2.86. The summed E-state index contributed by atoms with van der Waals surface area (Å²) in [6.07, 6.45) is 24.1. The van der Waals surface area contributed by atoms with E-state index in [1.54, 1.807) is 0 Å². The van der Waals surface area contributed by atoms with Crippen molar-refractivity contribution in [3.05, 3.63) is 87.9 Å². The van der Waals surface area contributed by atoms with Gasteiger partial charge in [-0.3, -0.25) is 4.79 Å². The molecule has 4 aliphatic rings. The van der Waals surface area contributed by atoms with Crippen LogP contribution in [0.3, 0.4) is 0 Å². The molecule has 0 amide bonds. The topological polar surface area (TPSA) is 17.1 Å². The number of fused-ring (bicyclic) bond motifs is 2. The summed E-state index contributed by atoms with van der Waals surface area (Å²) >= 11 is 2.00. The fourth-order valence-electron chi connectivity index (χ4n) is 6.16. The number of carbonyl (C=O) groups is 1. The molecule has 172 valence electrons. The fourth-order valence-corrected chi connectivity index (χ4v) is 7.66. The highest BCUT2D eigenvalue weighted by molar-refractivity contribution is 8.00. The minimum Gasteiger partial charge on any atom is -0.293 e. The molecule has 1 nitrogen and oxygen atoms in total. The second-order valence-corrected chi connectivity index (χ2v) is 11.2. The minimum absolute atomic E-state index is 0.144. The molecule has 2 aromatic carbocycles. The van der Waals surface area contributed by atoms with Gasteiger partial charge in [0.05, 0.1) is 11.2 Å². The van der Waals surface area contributed by atoms with Crippen molar-refractivity contribution in [2.24, 2.45) is 5.92 Å². The molecule has 2 unspecified atom stereocenters. The maximum Gasteiger partial charge on any atom is 0.174 e. The van der Waals surface area contributed by atoms with Crippen molar-refractivity contribution in [3.8, 4) is 0 Å². The van der Waals surface area contributed by atoms with Crippen LogP contribution in [0, 0.1) is 5.92 Å². The van der Waals surface area contributed by atoms with Crippen LogP contribution in [-0.4, -0.2) is 11.0 Å². The van der Waals surface area contributed by atoms with Crippen LogP contribution in [0.5, 0.6) is 0 Å². The van der Waals surface area contributed by atoms with Crippen molar-refractivity contribution < 1.29 is 4.79 Å². The first-order valence-corrected chi connectivity index (χ1v) is 13.8. The Morgan fingerprint density at radius 2 is 1.76 bits per heavy atom. The van der Waals surface area contributed by atoms with Gasteiger partial charge < -0.3 is 0 Å². The van der Waals surface area contributed by atoms with E-state index in [2.05, 4.69) is 68.5 Å². The number of allylic oxidation sites excluding steroid dienone is 7. The molecule has 6 rings (SSSR count). The zero-order valence-electron chi connectivity index (χ0n) is 20.2. The molecule has 0 aromatic heterocycles. The lowest BCUT2D eigenvalue weighted by Gasteiger charge is -2.31. The van der Waals surface area contributed by atoms with Crippen LogP contribution in [0.15, 0.2) is 71.2 Å². The molecule has 2 heteroatoms. The molecule has 0 saturated heterocycles. The first-order chi connectivity index (χ1) is 16.7. The Kier molecular flexibility index (Phi) is 5.73. The Morgan fingerprint density at radius 1 is 0.912 bits per heavy atom. The van der Waals surface area contributed by atoms with Gasteiger partial charge in [-0.25, -0.2) is 0 Å². The second kappa shape index (κ2) is 8.89. The normalized spacial score (nSPS) is 21.7. The van der Waals surface area contributed by atoms with E-state index in [0.717, 1.165) is 12.0 Å². The van der Waals surface area contributed by atoms with E-state index < -0.39 is 0 Å². The van der Waals surface area contributed by atoms with Gasteiger partial charge in [-0.1, -0.05) is 93.7 Å². The molecule has 0 bridgehead atoms. The third-order valence-corrected chi connectivity index (χ3v) is 9.22. The first kappa shape index (κ1) is 21.9. The summed E-state index contributed by atoms with van der Waals surface area (Å²) in [5, 5.41) is 5.50. The number of aryl methyl sites for hydroxylation is 1. The summed E-state index contributed by atoms with van der Waals surface area (Å²) in [5.41, 5.74) is 6.33. The summed E-state index contributed by atoms with van der Waals surface area (Å²) in [4.78, 5) is 15.0. The number of Topliss-reactive ketones (excluding diaryl/α,β-unsaturated/α-hetero) is 1. The number of hydrogen-bond donors (Lipinski definition) is 0. The maximum absolute atomic E-state index is 13.6. The highest BCUT2D eigenvalue weighted by Crippen LogP contribution is 2.44. The predicted molar refractivity (Wildman–Crippen MR) is 146 cm³/mol. The number of thioether (sulfide) groups is 1. The quantitative estimate of drug-likeness (QED) is 0.412. The van der Waals surface area contributed by atoms with Gasteiger partial charge in [0.25, 0.3) is 0 Å². The van der Waals surface area contributed by atoms with Gasteiger partial charge in [0.15, 0.2) is 5.78 Å². The SMILES string of the molecule is CCCCCCCCc1cc2c3c(ccc4c3c1SC1C=CC=C(C)C=41)C(=O)C1C=CC=CC=21. The Labute approximate surface area is 206 Å². The van der Waals surface area contributed by atoms with E-state index in [0.29, 0.717) is 5.25 Å². The molecule has 2 aromatic rings. The molecule has 0 fully saturated rings. The van der Waals surface area contributed by atoms with Crippen LogP contribution >= 0.6 is 11.8 Å². The van der Waals surface area contributed by atoms with Crippen molar-refractivity contribution >= 4 is 39.5 Å². The highest BCUT2D eigenvalue weighted by atomic mass is 32.2. The van der Waals surface area contributed by atoms with E-state index in [4.69, 9.17) is 0 Å². The lowest BCUT2D eigenvalue weighted by atomic mass is 9.77. The minimum atomic E-state index is -0.144. The largest absolute Gasteiger partial charge is 0.293 e. The average molecular weight is 465 g/mol. The van der Waals surface area contributed by atoms with Gasteiger partial charge >= 0.3 is 0 Å². The molecule has 0 spiro atoms. The standard InChI is InChI=1S/C32H32OS/c1-3-4-5-6-7-8-13-21-19-26-22-14-9-10-15-23(22)31(33)25-18-17-24-28-20(2)12-11-16-27(28)34-32(21)30(24)29(25)26/h9-12,14-19,23,27H,3-8,13H2,1-2H3.